The molecule has 1 fully saturated rings. The topological polar surface area (TPSA) is 101 Å². The molecular formula is C24H19Br2NO6. The number of carbonyl (C=O) groups excluding carboxylic acids is 4. The van der Waals surface area contributed by atoms with Crippen LogP contribution in [-0.2, 0) is 19.2 Å². The molecule has 0 radical (unpaired) electrons. The third-order valence-electron chi connectivity index (χ3n) is 7.16. The molecule has 1 aromatic rings. The highest BCUT2D eigenvalue weighted by Crippen LogP contribution is 2.56. The van der Waals surface area contributed by atoms with Crippen LogP contribution in [0, 0.1) is 17.8 Å². The van der Waals surface area contributed by atoms with E-state index in [-0.39, 0.29) is 51.7 Å². The van der Waals surface area contributed by atoms with Crippen LogP contribution in [0.1, 0.15) is 24.3 Å². The highest BCUT2D eigenvalue weighted by atomic mass is 79.9. The predicted molar refractivity (Wildman–Crippen MR) is 125 cm³/mol. The Balaban J connectivity index is 1.74. The number of ether oxygens (including phenoxy) is 1. The average molecular weight is 577 g/mol. The molecule has 2 amide bonds. The molecule has 170 valence electrons. The minimum Gasteiger partial charge on any atom is -0.503 e. The van der Waals surface area contributed by atoms with Gasteiger partial charge in [-0.3, -0.25) is 24.1 Å². The van der Waals surface area contributed by atoms with Gasteiger partial charge in [-0.1, -0.05) is 11.6 Å². The summed E-state index contributed by atoms with van der Waals surface area (Å²) in [6, 6.07) is 3.34. The van der Waals surface area contributed by atoms with E-state index < -0.39 is 17.8 Å². The lowest BCUT2D eigenvalue weighted by Crippen LogP contribution is -2.39. The van der Waals surface area contributed by atoms with E-state index in [1.807, 2.05) is 6.08 Å². The van der Waals surface area contributed by atoms with Crippen molar-refractivity contribution < 1.29 is 29.0 Å². The van der Waals surface area contributed by atoms with Crippen molar-refractivity contribution in [2.75, 3.05) is 14.2 Å². The van der Waals surface area contributed by atoms with E-state index in [0.717, 1.165) is 5.57 Å². The van der Waals surface area contributed by atoms with Gasteiger partial charge in [0, 0.05) is 30.2 Å². The van der Waals surface area contributed by atoms with Gasteiger partial charge in [-0.25, -0.2) is 0 Å². The van der Waals surface area contributed by atoms with Crippen LogP contribution in [0.3, 0.4) is 0 Å². The summed E-state index contributed by atoms with van der Waals surface area (Å²) < 4.78 is 5.88. The molecule has 4 atom stereocenters. The van der Waals surface area contributed by atoms with Crippen molar-refractivity contribution in [3.8, 4) is 11.5 Å². The van der Waals surface area contributed by atoms with Crippen LogP contribution >= 0.6 is 31.9 Å². The van der Waals surface area contributed by atoms with Gasteiger partial charge < -0.3 is 9.84 Å². The van der Waals surface area contributed by atoms with Crippen molar-refractivity contribution >= 4 is 55.2 Å². The average Bonchev–Trinajstić information content (AvgIpc) is 3.02. The standard InChI is InChI=1S/C24H19Br2NO6/c1-27-23(31)11-4-3-10-12(19(11)24(27)32)7-13-20(16(28)8-15(26)21(13)29)18(10)9-5-14(25)22(30)17(6-9)33-2/h3,5-6,8,11-12,18-19,30H,4,7H2,1-2H3/t11-,12+,18-,19-/m0/s1. The fraction of sp³-hybridized carbons (Fsp3) is 0.333. The number of aromatic hydroxyl groups is 1. The van der Waals surface area contributed by atoms with Crippen LogP contribution in [0.4, 0.5) is 0 Å². The Hall–Kier alpha value is -2.52. The maximum atomic E-state index is 13.2. The summed E-state index contributed by atoms with van der Waals surface area (Å²) in [6.45, 7) is 0. The summed E-state index contributed by atoms with van der Waals surface area (Å²) >= 11 is 6.55. The number of Topliss-reactive ketones (excluding diaryl/α,β-unsaturated/α-hetero) is 1. The predicted octanol–water partition coefficient (Wildman–Crippen LogP) is 3.56. The summed E-state index contributed by atoms with van der Waals surface area (Å²) in [6.07, 6.45) is 3.84. The largest absolute Gasteiger partial charge is 0.503 e. The fourth-order valence-corrected chi connectivity index (χ4v) is 6.57. The number of allylic oxidation sites excluding steroid dienone is 6. The molecule has 1 saturated heterocycles. The molecule has 7 nitrogen and oxygen atoms in total. The van der Waals surface area contributed by atoms with Crippen molar-refractivity contribution in [1.82, 2.24) is 4.90 Å². The van der Waals surface area contributed by atoms with E-state index in [1.165, 1.54) is 25.1 Å². The maximum Gasteiger partial charge on any atom is 0.233 e. The van der Waals surface area contributed by atoms with Crippen LogP contribution in [-0.4, -0.2) is 47.5 Å². The summed E-state index contributed by atoms with van der Waals surface area (Å²) in [5.41, 5.74) is 2.23. The van der Waals surface area contributed by atoms with E-state index in [0.29, 0.717) is 27.6 Å². The molecule has 1 heterocycles. The zero-order valence-electron chi connectivity index (χ0n) is 17.7. The lowest BCUT2D eigenvalue weighted by atomic mass is 9.59. The summed E-state index contributed by atoms with van der Waals surface area (Å²) in [7, 11) is 2.92. The molecule has 1 aromatic carbocycles. The van der Waals surface area contributed by atoms with Gasteiger partial charge in [0.15, 0.2) is 23.1 Å². The summed E-state index contributed by atoms with van der Waals surface area (Å²) in [4.78, 5) is 53.2. The molecule has 3 aliphatic carbocycles. The first-order valence-corrected chi connectivity index (χ1v) is 12.0. The molecule has 1 N–H and O–H groups in total. The van der Waals surface area contributed by atoms with Crippen LogP contribution in [0.2, 0.25) is 0 Å². The van der Waals surface area contributed by atoms with Crippen LogP contribution in [0.25, 0.3) is 0 Å². The smallest absolute Gasteiger partial charge is 0.233 e. The first kappa shape index (κ1) is 22.3. The molecular weight excluding hydrogens is 558 g/mol. The molecule has 0 aromatic heterocycles. The fourth-order valence-electron chi connectivity index (χ4n) is 5.66. The summed E-state index contributed by atoms with van der Waals surface area (Å²) in [5, 5.41) is 10.3. The zero-order chi connectivity index (χ0) is 23.8. The molecule has 4 aliphatic rings. The van der Waals surface area contributed by atoms with Crippen molar-refractivity contribution in [3.63, 3.8) is 0 Å². The van der Waals surface area contributed by atoms with E-state index in [9.17, 15) is 24.3 Å². The van der Waals surface area contributed by atoms with Gasteiger partial charge in [-0.2, -0.15) is 0 Å². The number of phenolic OH excluding ortho intramolecular Hbond substituents is 1. The second kappa shape index (κ2) is 7.77. The molecule has 0 unspecified atom stereocenters. The highest BCUT2D eigenvalue weighted by molar-refractivity contribution is 9.12. The zero-order valence-corrected chi connectivity index (χ0v) is 20.9. The number of likely N-dealkylation sites (tertiary alicyclic amines) is 1. The monoisotopic (exact) mass is 575 g/mol. The second-order valence-corrected chi connectivity index (χ2v) is 10.4. The third-order valence-corrected chi connectivity index (χ3v) is 8.35. The van der Waals surface area contributed by atoms with E-state index in [1.54, 1.807) is 12.1 Å². The number of phenols is 1. The Kier molecular flexibility index (Phi) is 5.25. The first-order valence-electron chi connectivity index (χ1n) is 10.4. The number of halogens is 2. The van der Waals surface area contributed by atoms with Crippen molar-refractivity contribution in [2.24, 2.45) is 17.8 Å². The number of hydrogen-bond acceptors (Lipinski definition) is 6. The molecule has 0 spiro atoms. The van der Waals surface area contributed by atoms with Gasteiger partial charge in [0.2, 0.25) is 11.8 Å². The lowest BCUT2D eigenvalue weighted by Gasteiger charge is -2.42. The van der Waals surface area contributed by atoms with Crippen LogP contribution in [0.15, 0.2) is 50.0 Å². The Bertz CT molecular complexity index is 1260. The minimum absolute atomic E-state index is 0.0765. The minimum atomic E-state index is -0.604. The Labute approximate surface area is 206 Å². The number of benzene rings is 1. The van der Waals surface area contributed by atoms with Crippen molar-refractivity contribution in [1.29, 1.82) is 0 Å². The Morgan fingerprint density at radius 2 is 1.82 bits per heavy atom. The number of fused-ring (bicyclic) bond motifs is 3. The van der Waals surface area contributed by atoms with Gasteiger partial charge in [0.25, 0.3) is 0 Å². The van der Waals surface area contributed by atoms with Gasteiger partial charge in [0.1, 0.15) is 0 Å². The SMILES string of the molecule is COc1cc([C@H]2C3=CC[C@@H]4C(=O)N(C)C(=O)[C@@H]4[C@@H]3CC3=C2C(=O)C=C(Br)C3=O)cc(Br)c1O. The van der Waals surface area contributed by atoms with Gasteiger partial charge in [-0.15, -0.1) is 0 Å². The number of imide groups is 1. The molecule has 5 rings (SSSR count). The second-order valence-electron chi connectivity index (χ2n) is 8.68. The van der Waals surface area contributed by atoms with Gasteiger partial charge >= 0.3 is 0 Å². The van der Waals surface area contributed by atoms with Crippen molar-refractivity contribution in [2.45, 2.75) is 18.8 Å². The van der Waals surface area contributed by atoms with Crippen molar-refractivity contribution in [3.05, 3.63) is 55.5 Å². The molecule has 33 heavy (non-hydrogen) atoms. The number of rotatable bonds is 2. The van der Waals surface area contributed by atoms with Gasteiger partial charge in [-0.05, 0) is 68.3 Å². The number of ketones is 2. The number of amides is 2. The Morgan fingerprint density at radius 3 is 2.52 bits per heavy atom. The van der Waals surface area contributed by atoms with Crippen LogP contribution < -0.4 is 4.74 Å². The Morgan fingerprint density at radius 1 is 1.09 bits per heavy atom. The van der Waals surface area contributed by atoms with E-state index in [2.05, 4.69) is 31.9 Å². The van der Waals surface area contributed by atoms with E-state index in [4.69, 9.17) is 4.74 Å². The lowest BCUT2D eigenvalue weighted by molar-refractivity contribution is -0.138. The maximum absolute atomic E-state index is 13.2. The number of methoxy groups -OCH3 is 1. The number of nitrogens with zero attached hydrogens (tertiary/aromatic N) is 1. The number of hydrogen-bond donors (Lipinski definition) is 1. The molecule has 1 aliphatic heterocycles. The summed E-state index contributed by atoms with van der Waals surface area (Å²) in [5.74, 6) is -2.92. The molecule has 0 saturated carbocycles. The molecule has 9 heteroatoms. The quantitative estimate of drug-likeness (QED) is 0.328. The van der Waals surface area contributed by atoms with Gasteiger partial charge in [0.05, 0.1) is 27.9 Å². The normalized spacial score (nSPS) is 28.9. The van der Waals surface area contributed by atoms with Crippen LogP contribution in [0.5, 0.6) is 11.5 Å². The number of carbonyl (C=O) groups is 4. The third kappa shape index (κ3) is 3.12. The molecule has 0 bridgehead atoms. The first-order chi connectivity index (χ1) is 15.6. The van der Waals surface area contributed by atoms with E-state index >= 15 is 0 Å². The highest BCUT2D eigenvalue weighted by Gasteiger charge is 2.55.